The maximum Gasteiger partial charge on any atom is 0.0349 e. The Morgan fingerprint density at radius 3 is 2.54 bits per heavy atom. The maximum atomic E-state index is 2.52. The zero-order chi connectivity index (χ0) is 9.42. The minimum Gasteiger partial charge on any atom is -0.375 e. The van der Waals surface area contributed by atoms with E-state index in [1.165, 1.54) is 37.8 Å². The minimum atomic E-state index is 0.836. The molecule has 0 aromatic rings. The molecule has 1 heteroatoms. The standard InChI is InChI=1S/C12H21N/c1-9-10(2)13(3)12-8-6-4-5-7-11(9)12/h11-12H,4-8H2,1-3H3. The molecule has 2 atom stereocenters. The van der Waals surface area contributed by atoms with Crippen molar-refractivity contribution in [2.45, 2.75) is 52.0 Å². The van der Waals surface area contributed by atoms with Gasteiger partial charge in [0.1, 0.15) is 0 Å². The summed E-state index contributed by atoms with van der Waals surface area (Å²) in [5.41, 5.74) is 3.20. The normalized spacial score (nSPS) is 34.8. The summed E-state index contributed by atoms with van der Waals surface area (Å²) in [5.74, 6) is 0.882. The van der Waals surface area contributed by atoms with Crippen molar-refractivity contribution < 1.29 is 0 Å². The van der Waals surface area contributed by atoms with Crippen LogP contribution in [0.15, 0.2) is 11.3 Å². The molecule has 74 valence electrons. The van der Waals surface area contributed by atoms with Crippen LogP contribution in [0.3, 0.4) is 0 Å². The van der Waals surface area contributed by atoms with E-state index in [1.807, 2.05) is 0 Å². The van der Waals surface area contributed by atoms with E-state index < -0.39 is 0 Å². The lowest BCUT2D eigenvalue weighted by Gasteiger charge is -2.26. The van der Waals surface area contributed by atoms with E-state index in [-0.39, 0.29) is 0 Å². The van der Waals surface area contributed by atoms with E-state index in [9.17, 15) is 0 Å². The molecule has 0 spiro atoms. The van der Waals surface area contributed by atoms with E-state index in [0.717, 1.165) is 12.0 Å². The second-order valence-corrected chi connectivity index (χ2v) is 4.69. The number of hydrogen-bond donors (Lipinski definition) is 0. The molecule has 0 aromatic carbocycles. The summed E-state index contributed by atoms with van der Waals surface area (Å²) in [6.45, 7) is 4.62. The summed E-state index contributed by atoms with van der Waals surface area (Å²) < 4.78 is 0. The number of fused-ring (bicyclic) bond motifs is 1. The molecule has 0 bridgehead atoms. The van der Waals surface area contributed by atoms with Gasteiger partial charge >= 0.3 is 0 Å². The first kappa shape index (κ1) is 9.11. The van der Waals surface area contributed by atoms with Crippen LogP contribution in [0, 0.1) is 5.92 Å². The molecule has 0 saturated heterocycles. The van der Waals surface area contributed by atoms with Gasteiger partial charge in [-0.25, -0.2) is 0 Å². The lowest BCUT2D eigenvalue weighted by molar-refractivity contribution is 0.267. The smallest absolute Gasteiger partial charge is 0.0349 e. The average molecular weight is 179 g/mol. The molecule has 2 unspecified atom stereocenters. The van der Waals surface area contributed by atoms with Crippen molar-refractivity contribution in [1.82, 2.24) is 4.90 Å². The Morgan fingerprint density at radius 1 is 1.08 bits per heavy atom. The number of rotatable bonds is 0. The van der Waals surface area contributed by atoms with Gasteiger partial charge in [0, 0.05) is 24.7 Å². The highest BCUT2D eigenvalue weighted by Crippen LogP contribution is 2.39. The van der Waals surface area contributed by atoms with E-state index in [1.54, 1.807) is 5.57 Å². The van der Waals surface area contributed by atoms with Gasteiger partial charge in [-0.15, -0.1) is 0 Å². The molecule has 13 heavy (non-hydrogen) atoms. The molecule has 1 aliphatic carbocycles. The van der Waals surface area contributed by atoms with Gasteiger partial charge in [0.15, 0.2) is 0 Å². The van der Waals surface area contributed by atoms with Gasteiger partial charge in [0.2, 0.25) is 0 Å². The first-order valence-electron chi connectivity index (χ1n) is 5.62. The Bertz CT molecular complexity index is 229. The third kappa shape index (κ3) is 1.38. The molecule has 2 aliphatic rings. The summed E-state index contributed by atoms with van der Waals surface area (Å²) >= 11 is 0. The van der Waals surface area contributed by atoms with Gasteiger partial charge in [-0.2, -0.15) is 0 Å². The third-order valence-electron chi connectivity index (χ3n) is 4.13. The Labute approximate surface area is 81.8 Å². The zero-order valence-corrected chi connectivity index (χ0v) is 9.14. The first-order valence-corrected chi connectivity index (χ1v) is 5.62. The predicted octanol–water partition coefficient (Wildman–Crippen LogP) is 3.17. The van der Waals surface area contributed by atoms with E-state index in [2.05, 4.69) is 25.8 Å². The SMILES string of the molecule is CC1=C(C)N(C)C2CCCCCC12. The van der Waals surface area contributed by atoms with E-state index >= 15 is 0 Å². The Kier molecular flexibility index (Phi) is 2.35. The van der Waals surface area contributed by atoms with Crippen molar-refractivity contribution in [3.05, 3.63) is 11.3 Å². The van der Waals surface area contributed by atoms with E-state index in [0.29, 0.717) is 0 Å². The quantitative estimate of drug-likeness (QED) is 0.552. The Hall–Kier alpha value is -0.460. The average Bonchev–Trinajstić information content (AvgIpc) is 2.40. The van der Waals surface area contributed by atoms with Crippen molar-refractivity contribution in [3.63, 3.8) is 0 Å². The minimum absolute atomic E-state index is 0.836. The van der Waals surface area contributed by atoms with Crippen LogP contribution < -0.4 is 0 Å². The highest BCUT2D eigenvalue weighted by atomic mass is 15.2. The lowest BCUT2D eigenvalue weighted by atomic mass is 9.91. The number of hydrogen-bond acceptors (Lipinski definition) is 1. The number of allylic oxidation sites excluding steroid dienone is 1. The Morgan fingerprint density at radius 2 is 1.77 bits per heavy atom. The van der Waals surface area contributed by atoms with Crippen LogP contribution in [0.5, 0.6) is 0 Å². The summed E-state index contributed by atoms with van der Waals surface area (Å²) in [6.07, 6.45) is 7.17. The second-order valence-electron chi connectivity index (χ2n) is 4.69. The molecule has 1 saturated carbocycles. The van der Waals surface area contributed by atoms with Gasteiger partial charge in [-0.3, -0.25) is 0 Å². The van der Waals surface area contributed by atoms with Crippen LogP contribution in [0.2, 0.25) is 0 Å². The molecule has 2 rings (SSSR count). The van der Waals surface area contributed by atoms with Crippen LogP contribution in [0.4, 0.5) is 0 Å². The fraction of sp³-hybridized carbons (Fsp3) is 0.833. The molecule has 1 heterocycles. The third-order valence-corrected chi connectivity index (χ3v) is 4.13. The monoisotopic (exact) mass is 179 g/mol. The molecular weight excluding hydrogens is 158 g/mol. The molecule has 1 nitrogen and oxygen atoms in total. The fourth-order valence-electron chi connectivity index (χ4n) is 3.05. The summed E-state index contributed by atoms with van der Waals surface area (Å²) in [6, 6.07) is 0.836. The van der Waals surface area contributed by atoms with Crippen molar-refractivity contribution in [2.24, 2.45) is 5.92 Å². The van der Waals surface area contributed by atoms with Crippen molar-refractivity contribution in [2.75, 3.05) is 7.05 Å². The van der Waals surface area contributed by atoms with Crippen molar-refractivity contribution in [3.8, 4) is 0 Å². The highest BCUT2D eigenvalue weighted by Gasteiger charge is 2.34. The van der Waals surface area contributed by atoms with Gasteiger partial charge in [0.05, 0.1) is 0 Å². The highest BCUT2D eigenvalue weighted by molar-refractivity contribution is 5.22. The summed E-state index contributed by atoms with van der Waals surface area (Å²) in [5, 5.41) is 0. The first-order chi connectivity index (χ1) is 6.22. The van der Waals surface area contributed by atoms with Crippen LogP contribution in [-0.4, -0.2) is 18.0 Å². The van der Waals surface area contributed by atoms with Crippen LogP contribution in [0.25, 0.3) is 0 Å². The molecule has 0 aromatic heterocycles. The largest absolute Gasteiger partial charge is 0.375 e. The zero-order valence-electron chi connectivity index (χ0n) is 9.14. The fourth-order valence-corrected chi connectivity index (χ4v) is 3.05. The van der Waals surface area contributed by atoms with Crippen molar-refractivity contribution in [1.29, 1.82) is 0 Å². The summed E-state index contributed by atoms with van der Waals surface area (Å²) in [4.78, 5) is 2.52. The Balaban J connectivity index is 2.21. The van der Waals surface area contributed by atoms with Crippen molar-refractivity contribution >= 4 is 0 Å². The predicted molar refractivity (Wildman–Crippen MR) is 56.5 cm³/mol. The van der Waals surface area contributed by atoms with E-state index in [4.69, 9.17) is 0 Å². The molecule has 0 amide bonds. The van der Waals surface area contributed by atoms with Gasteiger partial charge < -0.3 is 4.90 Å². The van der Waals surface area contributed by atoms with Gasteiger partial charge in [-0.05, 0) is 32.3 Å². The maximum absolute atomic E-state index is 2.52. The molecule has 1 aliphatic heterocycles. The van der Waals surface area contributed by atoms with Crippen LogP contribution >= 0.6 is 0 Å². The van der Waals surface area contributed by atoms with Gasteiger partial charge in [-0.1, -0.05) is 19.3 Å². The van der Waals surface area contributed by atoms with Gasteiger partial charge in [0.25, 0.3) is 0 Å². The summed E-state index contributed by atoms with van der Waals surface area (Å²) in [7, 11) is 2.27. The molecule has 0 N–H and O–H groups in total. The molecule has 1 fully saturated rings. The topological polar surface area (TPSA) is 3.24 Å². The molecule has 0 radical (unpaired) electrons. The molecular formula is C12H21N. The van der Waals surface area contributed by atoms with Crippen LogP contribution in [0.1, 0.15) is 46.0 Å². The second kappa shape index (κ2) is 3.36. The van der Waals surface area contributed by atoms with Crippen LogP contribution in [-0.2, 0) is 0 Å². The lowest BCUT2D eigenvalue weighted by Crippen LogP contribution is -2.29. The number of nitrogens with zero attached hydrogens (tertiary/aromatic N) is 1.